The van der Waals surface area contributed by atoms with Gasteiger partial charge >= 0.3 is 12.2 Å². The minimum absolute atomic E-state index is 0.0607. The molecule has 1 aromatic rings. The molecule has 8 heteroatoms. The Kier molecular flexibility index (Phi) is 7.24. The minimum atomic E-state index is -0.741. The summed E-state index contributed by atoms with van der Waals surface area (Å²) in [4.78, 5) is 42.3. The molecule has 3 rings (SSSR count). The van der Waals surface area contributed by atoms with E-state index in [0.717, 1.165) is 5.56 Å². The number of fused-ring (bicyclic) bond motifs is 1. The zero-order chi connectivity index (χ0) is 24.4. The fourth-order valence-electron chi connectivity index (χ4n) is 4.50. The Morgan fingerprint density at radius 2 is 1.55 bits per heavy atom. The highest BCUT2D eigenvalue weighted by molar-refractivity contribution is 5.87. The Hall–Kier alpha value is -2.77. The van der Waals surface area contributed by atoms with Crippen LogP contribution in [0.4, 0.5) is 9.59 Å². The monoisotopic (exact) mass is 459 g/mol. The SMILES string of the molecule is CC(C)(C)OC(=O)N1CCC2C1CCN2C(=O)C(NC(=O)OCc1ccccc1)C(C)(C)C. The van der Waals surface area contributed by atoms with Crippen LogP contribution in [0.3, 0.4) is 0 Å². The van der Waals surface area contributed by atoms with E-state index in [-0.39, 0.29) is 30.7 Å². The number of amides is 3. The fraction of sp³-hybridized carbons (Fsp3) is 0.640. The lowest BCUT2D eigenvalue weighted by Crippen LogP contribution is -2.56. The van der Waals surface area contributed by atoms with Crippen LogP contribution in [-0.2, 0) is 20.9 Å². The molecule has 2 aliphatic rings. The summed E-state index contributed by atoms with van der Waals surface area (Å²) >= 11 is 0. The summed E-state index contributed by atoms with van der Waals surface area (Å²) in [5.74, 6) is -0.141. The third kappa shape index (κ3) is 6.18. The van der Waals surface area contributed by atoms with E-state index < -0.39 is 23.2 Å². The maximum absolute atomic E-state index is 13.6. The van der Waals surface area contributed by atoms with E-state index in [1.165, 1.54) is 0 Å². The number of likely N-dealkylation sites (tertiary alicyclic amines) is 2. The van der Waals surface area contributed by atoms with Gasteiger partial charge in [-0.2, -0.15) is 0 Å². The molecular formula is C25H37N3O5. The number of nitrogens with one attached hydrogen (secondary N) is 1. The van der Waals surface area contributed by atoms with Crippen molar-refractivity contribution in [1.82, 2.24) is 15.1 Å². The van der Waals surface area contributed by atoms with Crippen molar-refractivity contribution in [3.05, 3.63) is 35.9 Å². The zero-order valence-electron chi connectivity index (χ0n) is 20.6. The van der Waals surface area contributed by atoms with Gasteiger partial charge in [0.25, 0.3) is 0 Å². The van der Waals surface area contributed by atoms with Crippen molar-refractivity contribution < 1.29 is 23.9 Å². The molecule has 8 nitrogen and oxygen atoms in total. The van der Waals surface area contributed by atoms with E-state index in [9.17, 15) is 14.4 Å². The van der Waals surface area contributed by atoms with Gasteiger partial charge in [0.15, 0.2) is 0 Å². The summed E-state index contributed by atoms with van der Waals surface area (Å²) in [6, 6.07) is 8.53. The molecule has 2 heterocycles. The fourth-order valence-corrected chi connectivity index (χ4v) is 4.50. The molecule has 1 N–H and O–H groups in total. The number of hydrogen-bond donors (Lipinski definition) is 1. The van der Waals surface area contributed by atoms with Gasteiger partial charge in [0.05, 0.1) is 12.1 Å². The lowest BCUT2D eigenvalue weighted by atomic mass is 9.85. The number of benzene rings is 1. The Bertz CT molecular complexity index is 859. The second kappa shape index (κ2) is 9.61. The molecule has 2 fully saturated rings. The molecule has 1 aromatic carbocycles. The quantitative estimate of drug-likeness (QED) is 0.737. The van der Waals surface area contributed by atoms with E-state index in [1.807, 2.05) is 76.8 Å². The standard InChI is InChI=1S/C25H37N3O5/c1-24(2,3)20(26-22(30)32-16-17-10-8-7-9-11-17)21(29)27-14-12-19-18(27)13-15-28(19)23(31)33-25(4,5)6/h7-11,18-20H,12-16H2,1-6H3,(H,26,30). The van der Waals surface area contributed by atoms with Crippen LogP contribution in [-0.4, -0.2) is 64.7 Å². The Morgan fingerprint density at radius 3 is 2.12 bits per heavy atom. The normalized spacial score (nSPS) is 21.4. The first-order chi connectivity index (χ1) is 15.4. The van der Waals surface area contributed by atoms with Gasteiger partial charge in [-0.3, -0.25) is 4.79 Å². The van der Waals surface area contributed by atoms with Crippen LogP contribution >= 0.6 is 0 Å². The Morgan fingerprint density at radius 1 is 0.970 bits per heavy atom. The average molecular weight is 460 g/mol. The molecule has 0 spiro atoms. The van der Waals surface area contributed by atoms with E-state index in [2.05, 4.69) is 5.32 Å². The average Bonchev–Trinajstić information content (AvgIpc) is 3.30. The summed E-state index contributed by atoms with van der Waals surface area (Å²) in [6.07, 6.45) is 0.444. The topological polar surface area (TPSA) is 88.2 Å². The predicted octanol–water partition coefficient (Wildman–Crippen LogP) is 3.94. The molecule has 0 aromatic heterocycles. The highest BCUT2D eigenvalue weighted by atomic mass is 16.6. The first-order valence-electron chi connectivity index (χ1n) is 11.6. The van der Waals surface area contributed by atoms with Gasteiger partial charge in [0.1, 0.15) is 18.2 Å². The van der Waals surface area contributed by atoms with Gasteiger partial charge in [0.2, 0.25) is 5.91 Å². The highest BCUT2D eigenvalue weighted by Gasteiger charge is 2.49. The third-order valence-electron chi connectivity index (χ3n) is 6.08. The molecule has 182 valence electrons. The maximum atomic E-state index is 13.6. The number of carbonyl (C=O) groups excluding carboxylic acids is 3. The predicted molar refractivity (Wildman–Crippen MR) is 124 cm³/mol. The zero-order valence-corrected chi connectivity index (χ0v) is 20.6. The number of rotatable bonds is 4. The van der Waals surface area contributed by atoms with Crippen LogP contribution < -0.4 is 5.32 Å². The molecule has 3 amide bonds. The van der Waals surface area contributed by atoms with Gasteiger partial charge in [-0.1, -0.05) is 51.1 Å². The van der Waals surface area contributed by atoms with Crippen molar-refractivity contribution in [1.29, 1.82) is 0 Å². The van der Waals surface area contributed by atoms with Gasteiger partial charge in [-0.15, -0.1) is 0 Å². The van der Waals surface area contributed by atoms with Crippen LogP contribution in [0.5, 0.6) is 0 Å². The lowest BCUT2D eigenvalue weighted by molar-refractivity contribution is -0.136. The smallest absolute Gasteiger partial charge is 0.410 e. The Balaban J connectivity index is 1.64. The molecule has 3 unspecified atom stereocenters. The molecular weight excluding hydrogens is 422 g/mol. The summed E-state index contributed by atoms with van der Waals surface area (Å²) in [7, 11) is 0. The van der Waals surface area contributed by atoms with E-state index in [4.69, 9.17) is 9.47 Å². The summed E-state index contributed by atoms with van der Waals surface area (Å²) in [6.45, 7) is 12.5. The maximum Gasteiger partial charge on any atom is 0.410 e. The Labute approximate surface area is 196 Å². The number of hydrogen-bond acceptors (Lipinski definition) is 5. The molecule has 0 bridgehead atoms. The second-order valence-corrected chi connectivity index (χ2v) is 10.9. The van der Waals surface area contributed by atoms with Crippen molar-refractivity contribution in [2.45, 2.75) is 84.7 Å². The second-order valence-electron chi connectivity index (χ2n) is 10.9. The molecule has 0 saturated carbocycles. The van der Waals surface area contributed by atoms with E-state index in [0.29, 0.717) is 25.9 Å². The first-order valence-corrected chi connectivity index (χ1v) is 11.6. The van der Waals surface area contributed by atoms with Crippen LogP contribution in [0.15, 0.2) is 30.3 Å². The lowest BCUT2D eigenvalue weighted by Gasteiger charge is -2.35. The first kappa shape index (κ1) is 24.9. The number of ether oxygens (including phenoxy) is 2. The largest absolute Gasteiger partial charge is 0.445 e. The van der Waals surface area contributed by atoms with Crippen LogP contribution in [0.25, 0.3) is 0 Å². The molecule has 0 aliphatic carbocycles. The van der Waals surface area contributed by atoms with Gasteiger partial charge < -0.3 is 24.6 Å². The minimum Gasteiger partial charge on any atom is -0.445 e. The molecule has 3 atom stereocenters. The van der Waals surface area contributed by atoms with Crippen LogP contribution in [0.1, 0.15) is 59.9 Å². The van der Waals surface area contributed by atoms with Crippen LogP contribution in [0.2, 0.25) is 0 Å². The number of nitrogens with zero attached hydrogens (tertiary/aromatic N) is 2. The third-order valence-corrected chi connectivity index (χ3v) is 6.08. The number of alkyl carbamates (subject to hydrolysis) is 1. The molecule has 2 saturated heterocycles. The van der Waals surface area contributed by atoms with Crippen molar-refractivity contribution in [2.75, 3.05) is 13.1 Å². The highest BCUT2D eigenvalue weighted by Crippen LogP contribution is 2.34. The van der Waals surface area contributed by atoms with Gasteiger partial charge in [-0.05, 0) is 44.6 Å². The van der Waals surface area contributed by atoms with Gasteiger partial charge in [-0.25, -0.2) is 9.59 Å². The summed E-state index contributed by atoms with van der Waals surface area (Å²) in [5.41, 5.74) is -0.198. The van der Waals surface area contributed by atoms with Crippen molar-refractivity contribution in [3.63, 3.8) is 0 Å². The summed E-state index contributed by atoms with van der Waals surface area (Å²) < 4.78 is 10.9. The number of carbonyl (C=O) groups is 3. The van der Waals surface area contributed by atoms with Gasteiger partial charge in [0, 0.05) is 13.1 Å². The van der Waals surface area contributed by atoms with Crippen LogP contribution in [0, 0.1) is 5.41 Å². The molecule has 2 aliphatic heterocycles. The van der Waals surface area contributed by atoms with E-state index >= 15 is 0 Å². The van der Waals surface area contributed by atoms with E-state index in [1.54, 1.807) is 4.90 Å². The summed E-state index contributed by atoms with van der Waals surface area (Å²) in [5, 5.41) is 2.79. The molecule has 33 heavy (non-hydrogen) atoms. The molecule has 0 radical (unpaired) electrons. The van der Waals surface area contributed by atoms with Crippen molar-refractivity contribution >= 4 is 18.1 Å². The van der Waals surface area contributed by atoms with Crippen molar-refractivity contribution in [3.8, 4) is 0 Å². The van der Waals surface area contributed by atoms with Crippen molar-refractivity contribution in [2.24, 2.45) is 5.41 Å².